The molecule has 6 heteroatoms. The van der Waals surface area contributed by atoms with Crippen LogP contribution in [-0.2, 0) is 16.6 Å². The molecular weight excluding hydrogens is 301 g/mol. The SMILES string of the molecule is CCc1nnc(NC(=O)C2(c3ccccc3F)CCCC2)s1. The van der Waals surface area contributed by atoms with Crippen LogP contribution in [0.2, 0.25) is 0 Å². The molecule has 0 aliphatic heterocycles. The molecule has 1 aromatic heterocycles. The number of hydrogen-bond donors (Lipinski definition) is 1. The lowest BCUT2D eigenvalue weighted by Crippen LogP contribution is -2.38. The van der Waals surface area contributed by atoms with Crippen LogP contribution in [0.3, 0.4) is 0 Å². The van der Waals surface area contributed by atoms with Gasteiger partial charge < -0.3 is 0 Å². The van der Waals surface area contributed by atoms with Crippen LogP contribution < -0.4 is 5.32 Å². The van der Waals surface area contributed by atoms with Gasteiger partial charge in [0.25, 0.3) is 0 Å². The van der Waals surface area contributed by atoms with Gasteiger partial charge in [0, 0.05) is 5.56 Å². The van der Waals surface area contributed by atoms with Gasteiger partial charge in [-0.15, -0.1) is 10.2 Å². The normalized spacial score (nSPS) is 16.6. The standard InChI is InChI=1S/C16H18FN3OS/c1-2-13-19-20-15(22-13)18-14(21)16(9-5-6-10-16)11-7-3-4-8-12(11)17/h3-4,7-8H,2,5-6,9-10H2,1H3,(H,18,20,21). The molecule has 116 valence electrons. The number of nitrogens with zero attached hydrogens (tertiary/aromatic N) is 2. The van der Waals surface area contributed by atoms with Crippen LogP contribution in [0.1, 0.15) is 43.2 Å². The molecule has 0 saturated heterocycles. The predicted octanol–water partition coefficient (Wildman–Crippen LogP) is 3.69. The minimum atomic E-state index is -0.788. The maximum Gasteiger partial charge on any atom is 0.236 e. The van der Waals surface area contributed by atoms with E-state index >= 15 is 0 Å². The summed E-state index contributed by atoms with van der Waals surface area (Å²) >= 11 is 1.37. The molecule has 1 aliphatic rings. The van der Waals surface area contributed by atoms with Gasteiger partial charge in [0.1, 0.15) is 10.8 Å². The van der Waals surface area contributed by atoms with Gasteiger partial charge >= 0.3 is 0 Å². The Bertz CT molecular complexity index is 680. The number of carbonyl (C=O) groups is 1. The number of halogens is 1. The van der Waals surface area contributed by atoms with E-state index in [9.17, 15) is 9.18 Å². The average molecular weight is 319 g/mol. The lowest BCUT2D eigenvalue weighted by Gasteiger charge is -2.28. The lowest BCUT2D eigenvalue weighted by atomic mass is 9.77. The highest BCUT2D eigenvalue weighted by Crippen LogP contribution is 2.43. The summed E-state index contributed by atoms with van der Waals surface area (Å²) in [6, 6.07) is 6.57. The van der Waals surface area contributed by atoms with Gasteiger partial charge in [-0.1, -0.05) is 49.3 Å². The smallest absolute Gasteiger partial charge is 0.236 e. The third-order valence-corrected chi connectivity index (χ3v) is 5.25. The second kappa shape index (κ2) is 6.12. The fourth-order valence-corrected chi connectivity index (χ4v) is 3.78. The van der Waals surface area contributed by atoms with Crippen LogP contribution in [0, 0.1) is 5.82 Å². The number of aromatic nitrogens is 2. The summed E-state index contributed by atoms with van der Waals surface area (Å²) in [7, 11) is 0. The van der Waals surface area contributed by atoms with Gasteiger partial charge in [-0.25, -0.2) is 4.39 Å². The van der Waals surface area contributed by atoms with E-state index in [2.05, 4.69) is 15.5 Å². The van der Waals surface area contributed by atoms with Crippen LogP contribution in [0.5, 0.6) is 0 Å². The van der Waals surface area contributed by atoms with E-state index in [1.165, 1.54) is 17.4 Å². The van der Waals surface area contributed by atoms with E-state index < -0.39 is 5.41 Å². The summed E-state index contributed by atoms with van der Waals surface area (Å²) in [5, 5.41) is 12.2. The third kappa shape index (κ3) is 2.63. The highest BCUT2D eigenvalue weighted by Gasteiger charge is 2.44. The fraction of sp³-hybridized carbons (Fsp3) is 0.438. The number of amides is 1. The van der Waals surface area contributed by atoms with Crippen molar-refractivity contribution in [2.75, 3.05) is 5.32 Å². The van der Waals surface area contributed by atoms with E-state index in [4.69, 9.17) is 0 Å². The van der Waals surface area contributed by atoms with E-state index in [1.807, 2.05) is 6.92 Å². The van der Waals surface area contributed by atoms with E-state index in [-0.39, 0.29) is 11.7 Å². The van der Waals surface area contributed by atoms with Gasteiger partial charge in [0.15, 0.2) is 0 Å². The number of carbonyl (C=O) groups excluding carboxylic acids is 1. The van der Waals surface area contributed by atoms with Crippen molar-refractivity contribution in [2.45, 2.75) is 44.4 Å². The molecule has 3 rings (SSSR count). The Morgan fingerprint density at radius 2 is 2.05 bits per heavy atom. The molecule has 1 aliphatic carbocycles. The first-order chi connectivity index (χ1) is 10.7. The first-order valence-corrected chi connectivity index (χ1v) is 8.36. The van der Waals surface area contributed by atoms with Crippen molar-refractivity contribution in [3.05, 3.63) is 40.7 Å². The Labute approximate surface area is 132 Å². The Hall–Kier alpha value is -1.82. The summed E-state index contributed by atoms with van der Waals surface area (Å²) in [5.74, 6) is -0.486. The van der Waals surface area contributed by atoms with Crippen LogP contribution in [0.4, 0.5) is 9.52 Å². The quantitative estimate of drug-likeness (QED) is 0.935. The minimum absolute atomic E-state index is 0.172. The maximum atomic E-state index is 14.2. The molecule has 1 aromatic carbocycles. The second-order valence-electron chi connectivity index (χ2n) is 5.58. The molecule has 0 bridgehead atoms. The van der Waals surface area contributed by atoms with Crippen molar-refractivity contribution in [3.8, 4) is 0 Å². The largest absolute Gasteiger partial charge is 0.300 e. The molecule has 1 saturated carbocycles. The molecule has 1 amide bonds. The molecule has 1 fully saturated rings. The number of benzene rings is 1. The van der Waals surface area contributed by atoms with Crippen LogP contribution in [0.15, 0.2) is 24.3 Å². The first kappa shape index (κ1) is 15.1. The summed E-state index contributed by atoms with van der Waals surface area (Å²) < 4.78 is 14.2. The number of aryl methyl sites for hydroxylation is 1. The van der Waals surface area contributed by atoms with Crippen molar-refractivity contribution >= 4 is 22.4 Å². The lowest BCUT2D eigenvalue weighted by molar-refractivity contribution is -0.121. The van der Waals surface area contributed by atoms with Crippen LogP contribution in [0.25, 0.3) is 0 Å². The van der Waals surface area contributed by atoms with Crippen molar-refractivity contribution in [3.63, 3.8) is 0 Å². The van der Waals surface area contributed by atoms with Gasteiger partial charge in [-0.05, 0) is 25.3 Å². The summed E-state index contributed by atoms with van der Waals surface area (Å²) in [4.78, 5) is 12.8. The molecule has 0 atom stereocenters. The molecule has 0 radical (unpaired) electrons. The van der Waals surface area contributed by atoms with Crippen molar-refractivity contribution in [1.29, 1.82) is 0 Å². The summed E-state index contributed by atoms with van der Waals surface area (Å²) in [6.45, 7) is 1.99. The van der Waals surface area contributed by atoms with Crippen LogP contribution in [-0.4, -0.2) is 16.1 Å². The van der Waals surface area contributed by atoms with Gasteiger partial charge in [0.2, 0.25) is 11.0 Å². The zero-order valence-corrected chi connectivity index (χ0v) is 13.3. The second-order valence-corrected chi connectivity index (χ2v) is 6.64. The molecule has 0 unspecified atom stereocenters. The van der Waals surface area contributed by atoms with E-state index in [1.54, 1.807) is 18.2 Å². The zero-order chi connectivity index (χ0) is 15.6. The molecular formula is C16H18FN3OS. The number of hydrogen-bond acceptors (Lipinski definition) is 4. The number of nitrogens with one attached hydrogen (secondary N) is 1. The molecule has 1 N–H and O–H groups in total. The molecule has 4 nitrogen and oxygen atoms in total. The monoisotopic (exact) mass is 319 g/mol. The highest BCUT2D eigenvalue weighted by molar-refractivity contribution is 7.15. The van der Waals surface area contributed by atoms with Gasteiger partial charge in [-0.2, -0.15) is 0 Å². The minimum Gasteiger partial charge on any atom is -0.300 e. The number of rotatable bonds is 4. The maximum absolute atomic E-state index is 14.2. The first-order valence-electron chi connectivity index (χ1n) is 7.54. The van der Waals surface area contributed by atoms with E-state index in [0.29, 0.717) is 23.5 Å². The molecule has 0 spiro atoms. The predicted molar refractivity (Wildman–Crippen MR) is 84.5 cm³/mol. The topological polar surface area (TPSA) is 54.9 Å². The van der Waals surface area contributed by atoms with E-state index in [0.717, 1.165) is 24.3 Å². The Morgan fingerprint density at radius 1 is 1.32 bits per heavy atom. The molecule has 22 heavy (non-hydrogen) atoms. The highest BCUT2D eigenvalue weighted by atomic mass is 32.1. The summed E-state index contributed by atoms with van der Waals surface area (Å²) in [5.41, 5.74) is -0.297. The van der Waals surface area contributed by atoms with Gasteiger partial charge in [0.05, 0.1) is 5.41 Å². The summed E-state index contributed by atoms with van der Waals surface area (Å²) in [6.07, 6.45) is 3.97. The van der Waals surface area contributed by atoms with Crippen LogP contribution >= 0.6 is 11.3 Å². The molecule has 2 aromatic rings. The third-order valence-electron chi connectivity index (χ3n) is 4.27. The van der Waals surface area contributed by atoms with Gasteiger partial charge in [-0.3, -0.25) is 10.1 Å². The Balaban J connectivity index is 1.90. The molecule has 1 heterocycles. The Morgan fingerprint density at radius 3 is 2.68 bits per heavy atom. The van der Waals surface area contributed by atoms with Crippen molar-refractivity contribution in [2.24, 2.45) is 0 Å². The van der Waals surface area contributed by atoms with Crippen molar-refractivity contribution < 1.29 is 9.18 Å². The number of anilines is 1. The fourth-order valence-electron chi connectivity index (χ4n) is 3.11. The van der Waals surface area contributed by atoms with Crippen molar-refractivity contribution in [1.82, 2.24) is 10.2 Å². The average Bonchev–Trinajstić information content (AvgIpc) is 3.17. The Kier molecular flexibility index (Phi) is 4.20. The zero-order valence-electron chi connectivity index (χ0n) is 12.4.